The van der Waals surface area contributed by atoms with Gasteiger partial charge < -0.3 is 4.90 Å². The molecule has 2 nitrogen and oxygen atoms in total. The molecule has 2 rings (SSSR count). The molecule has 0 saturated carbocycles. The second-order valence-corrected chi connectivity index (χ2v) is 6.22. The van der Waals surface area contributed by atoms with E-state index >= 15 is 0 Å². The van der Waals surface area contributed by atoms with Crippen LogP contribution in [0, 0.1) is 0 Å². The molecule has 1 fully saturated rings. The standard InChI is InChI=1S/C11H17BrN2S/c1-9-6-13(2)3-4-14(9)7-11-5-10(12)8-15-11/h5,8-9H,3-4,6-7H2,1-2H3. The van der Waals surface area contributed by atoms with Crippen LogP contribution < -0.4 is 0 Å². The highest BCUT2D eigenvalue weighted by Gasteiger charge is 2.21. The first-order valence-corrected chi connectivity index (χ1v) is 6.98. The Bertz CT molecular complexity index is 326. The summed E-state index contributed by atoms with van der Waals surface area (Å²) < 4.78 is 1.21. The number of nitrogens with zero attached hydrogens (tertiary/aromatic N) is 2. The van der Waals surface area contributed by atoms with Crippen LogP contribution in [0.3, 0.4) is 0 Å². The van der Waals surface area contributed by atoms with E-state index in [-0.39, 0.29) is 0 Å². The number of thiophene rings is 1. The average Bonchev–Trinajstić information content (AvgIpc) is 2.56. The van der Waals surface area contributed by atoms with Gasteiger partial charge in [-0.2, -0.15) is 0 Å². The molecule has 1 unspecified atom stereocenters. The molecule has 0 amide bonds. The zero-order valence-corrected chi connectivity index (χ0v) is 11.6. The van der Waals surface area contributed by atoms with Crippen molar-refractivity contribution in [1.29, 1.82) is 0 Å². The second-order valence-electron chi connectivity index (χ2n) is 4.31. The summed E-state index contributed by atoms with van der Waals surface area (Å²) in [6, 6.07) is 2.90. The third-order valence-corrected chi connectivity index (χ3v) is 4.63. The van der Waals surface area contributed by atoms with Crippen molar-refractivity contribution in [2.45, 2.75) is 19.5 Å². The SMILES string of the molecule is CC1CN(C)CCN1Cc1cc(Br)cs1. The summed E-state index contributed by atoms with van der Waals surface area (Å²) in [5.41, 5.74) is 0. The zero-order valence-electron chi connectivity index (χ0n) is 9.24. The molecular weight excluding hydrogens is 272 g/mol. The van der Waals surface area contributed by atoms with Crippen LogP contribution in [0.25, 0.3) is 0 Å². The summed E-state index contributed by atoms with van der Waals surface area (Å²) >= 11 is 5.35. The van der Waals surface area contributed by atoms with Gasteiger partial charge in [0.2, 0.25) is 0 Å². The molecule has 84 valence electrons. The molecule has 4 heteroatoms. The van der Waals surface area contributed by atoms with E-state index in [0.717, 1.165) is 6.54 Å². The maximum atomic E-state index is 3.51. The van der Waals surface area contributed by atoms with Gasteiger partial charge >= 0.3 is 0 Å². The third kappa shape index (κ3) is 3.03. The van der Waals surface area contributed by atoms with Gasteiger partial charge in [0.05, 0.1) is 0 Å². The van der Waals surface area contributed by atoms with Gasteiger partial charge in [-0.25, -0.2) is 0 Å². The van der Waals surface area contributed by atoms with Crippen molar-refractivity contribution < 1.29 is 0 Å². The molecule has 1 saturated heterocycles. The first kappa shape index (κ1) is 11.6. The summed E-state index contributed by atoms with van der Waals surface area (Å²) in [6.07, 6.45) is 0. The Morgan fingerprint density at radius 1 is 1.53 bits per heavy atom. The van der Waals surface area contributed by atoms with Crippen molar-refractivity contribution in [3.63, 3.8) is 0 Å². The van der Waals surface area contributed by atoms with E-state index in [1.807, 2.05) is 11.3 Å². The van der Waals surface area contributed by atoms with Crippen LogP contribution in [0.2, 0.25) is 0 Å². The van der Waals surface area contributed by atoms with Gasteiger partial charge in [-0.15, -0.1) is 11.3 Å². The van der Waals surface area contributed by atoms with E-state index < -0.39 is 0 Å². The largest absolute Gasteiger partial charge is 0.304 e. The quantitative estimate of drug-likeness (QED) is 0.826. The predicted octanol–water partition coefficient (Wildman–Crippen LogP) is 2.65. The third-order valence-electron chi connectivity index (χ3n) is 2.95. The first-order valence-electron chi connectivity index (χ1n) is 5.30. The van der Waals surface area contributed by atoms with Gasteiger partial charge in [-0.1, -0.05) is 0 Å². The molecule has 1 aromatic rings. The van der Waals surface area contributed by atoms with E-state index in [1.54, 1.807) is 0 Å². The van der Waals surface area contributed by atoms with Crippen molar-refractivity contribution in [2.75, 3.05) is 26.7 Å². The Morgan fingerprint density at radius 3 is 2.93 bits per heavy atom. The lowest BCUT2D eigenvalue weighted by Crippen LogP contribution is -2.49. The van der Waals surface area contributed by atoms with Crippen molar-refractivity contribution in [3.8, 4) is 0 Å². The van der Waals surface area contributed by atoms with E-state index in [0.29, 0.717) is 6.04 Å². The Kier molecular flexibility index (Phi) is 3.83. The summed E-state index contributed by atoms with van der Waals surface area (Å²) in [6.45, 7) is 6.99. The molecule has 15 heavy (non-hydrogen) atoms. The second kappa shape index (κ2) is 4.95. The van der Waals surface area contributed by atoms with E-state index in [2.05, 4.69) is 51.1 Å². The van der Waals surface area contributed by atoms with E-state index in [9.17, 15) is 0 Å². The number of hydrogen-bond acceptors (Lipinski definition) is 3. The minimum absolute atomic E-state index is 0.671. The molecule has 2 heterocycles. The fourth-order valence-electron chi connectivity index (χ4n) is 2.05. The van der Waals surface area contributed by atoms with Crippen molar-refractivity contribution in [2.24, 2.45) is 0 Å². The number of hydrogen-bond donors (Lipinski definition) is 0. The molecule has 1 aliphatic heterocycles. The number of likely N-dealkylation sites (N-methyl/N-ethyl adjacent to an activating group) is 1. The maximum absolute atomic E-state index is 3.51. The molecule has 1 atom stereocenters. The molecule has 0 bridgehead atoms. The molecule has 0 spiro atoms. The highest BCUT2D eigenvalue weighted by molar-refractivity contribution is 9.10. The molecule has 0 aromatic carbocycles. The molecule has 0 N–H and O–H groups in total. The monoisotopic (exact) mass is 288 g/mol. The maximum Gasteiger partial charge on any atom is 0.0332 e. The summed E-state index contributed by atoms with van der Waals surface area (Å²) in [4.78, 5) is 6.43. The molecular formula is C11H17BrN2S. The van der Waals surface area contributed by atoms with Crippen LogP contribution in [0.1, 0.15) is 11.8 Å². The molecule has 1 aromatic heterocycles. The van der Waals surface area contributed by atoms with Crippen molar-refractivity contribution in [3.05, 3.63) is 20.8 Å². The van der Waals surface area contributed by atoms with Crippen LogP contribution in [0.15, 0.2) is 15.9 Å². The van der Waals surface area contributed by atoms with E-state index in [1.165, 1.54) is 29.0 Å². The fraction of sp³-hybridized carbons (Fsp3) is 0.636. The van der Waals surface area contributed by atoms with Crippen LogP contribution >= 0.6 is 27.3 Å². The minimum atomic E-state index is 0.671. The normalized spacial score (nSPS) is 24.6. The van der Waals surface area contributed by atoms with Crippen molar-refractivity contribution in [1.82, 2.24) is 9.80 Å². The van der Waals surface area contributed by atoms with E-state index in [4.69, 9.17) is 0 Å². The van der Waals surface area contributed by atoms with Gasteiger partial charge in [0.15, 0.2) is 0 Å². The first-order chi connectivity index (χ1) is 7.15. The lowest BCUT2D eigenvalue weighted by atomic mass is 10.2. The topological polar surface area (TPSA) is 6.48 Å². The van der Waals surface area contributed by atoms with Gasteiger partial charge in [-0.05, 0) is 36.0 Å². The smallest absolute Gasteiger partial charge is 0.0332 e. The number of piperazine rings is 1. The fourth-order valence-corrected chi connectivity index (χ4v) is 3.52. The zero-order chi connectivity index (χ0) is 10.8. The van der Waals surface area contributed by atoms with Crippen LogP contribution in [-0.2, 0) is 6.54 Å². The van der Waals surface area contributed by atoms with Crippen LogP contribution in [0.4, 0.5) is 0 Å². The Balaban J connectivity index is 1.94. The van der Waals surface area contributed by atoms with Gasteiger partial charge in [0.25, 0.3) is 0 Å². The lowest BCUT2D eigenvalue weighted by Gasteiger charge is -2.37. The Morgan fingerprint density at radius 2 is 2.33 bits per heavy atom. The average molecular weight is 289 g/mol. The van der Waals surface area contributed by atoms with Gasteiger partial charge in [0.1, 0.15) is 0 Å². The van der Waals surface area contributed by atoms with Gasteiger partial charge in [0, 0.05) is 47.0 Å². The molecule has 0 aliphatic carbocycles. The highest BCUT2D eigenvalue weighted by atomic mass is 79.9. The van der Waals surface area contributed by atoms with Crippen LogP contribution in [0.5, 0.6) is 0 Å². The summed E-state index contributed by atoms with van der Waals surface area (Å²) in [7, 11) is 2.20. The highest BCUT2D eigenvalue weighted by Crippen LogP contribution is 2.22. The van der Waals surface area contributed by atoms with Crippen LogP contribution in [-0.4, -0.2) is 42.5 Å². The predicted molar refractivity (Wildman–Crippen MR) is 69.4 cm³/mol. The summed E-state index contributed by atoms with van der Waals surface area (Å²) in [5.74, 6) is 0. The number of halogens is 1. The molecule has 1 aliphatic rings. The Labute approximate surface area is 104 Å². The number of rotatable bonds is 2. The minimum Gasteiger partial charge on any atom is -0.304 e. The Hall–Kier alpha value is 0.1000. The van der Waals surface area contributed by atoms with Crippen molar-refractivity contribution >= 4 is 27.3 Å². The summed E-state index contributed by atoms with van der Waals surface area (Å²) in [5, 5.41) is 2.16. The lowest BCUT2D eigenvalue weighted by molar-refractivity contribution is 0.0947. The van der Waals surface area contributed by atoms with Gasteiger partial charge in [-0.3, -0.25) is 4.90 Å². The molecule has 0 radical (unpaired) electrons.